The van der Waals surface area contributed by atoms with E-state index >= 15 is 22.0 Å². The molecular formula is C43H47F7N2S. The van der Waals surface area contributed by atoms with Crippen LogP contribution in [0.4, 0.5) is 36.4 Å². The van der Waals surface area contributed by atoms with Gasteiger partial charge >= 0.3 is 5.92 Å². The smallest absolute Gasteiger partial charge is 0.303 e. The van der Waals surface area contributed by atoms with Crippen molar-refractivity contribution in [2.75, 3.05) is 11.4 Å². The number of alkyl halides is 2. The molecule has 1 aliphatic rings. The van der Waals surface area contributed by atoms with Crippen molar-refractivity contribution in [1.82, 2.24) is 4.31 Å². The highest BCUT2D eigenvalue weighted by molar-refractivity contribution is 7.97. The van der Waals surface area contributed by atoms with Crippen molar-refractivity contribution in [2.45, 2.75) is 111 Å². The molecule has 0 atom stereocenters. The number of benzene rings is 4. The Morgan fingerprint density at radius 1 is 0.811 bits per heavy atom. The van der Waals surface area contributed by atoms with E-state index in [1.165, 1.54) is 30.6 Å². The van der Waals surface area contributed by atoms with E-state index in [0.29, 0.717) is 30.6 Å². The molecule has 1 heterocycles. The van der Waals surface area contributed by atoms with Crippen LogP contribution in [0.3, 0.4) is 0 Å². The standard InChI is InChI=1S/C43H47F7N2S/c1-11-13-28-17-29(19-31(18-28)42(8,9)10)21-52(33-15-14-23(3)16-30(33)12-2)24(4)20-51-22-32-35(38(46)40(48)39(47)37(32)45)43(49,50)34-26(6)25(5)27(7)36(44)41(34)53-51/h14-19H,4,11-13,20-22H2,1-3,5-10H3. The highest BCUT2D eigenvalue weighted by atomic mass is 32.2. The molecule has 0 unspecified atom stereocenters. The molecule has 5 rings (SSSR count). The van der Waals surface area contributed by atoms with Gasteiger partial charge < -0.3 is 4.90 Å². The van der Waals surface area contributed by atoms with Crippen molar-refractivity contribution in [3.8, 4) is 0 Å². The minimum Gasteiger partial charge on any atom is -0.340 e. The van der Waals surface area contributed by atoms with Gasteiger partial charge in [0.15, 0.2) is 23.3 Å². The normalized spacial score (nSPS) is 14.4. The van der Waals surface area contributed by atoms with Crippen molar-refractivity contribution in [3.63, 3.8) is 0 Å². The first-order valence-electron chi connectivity index (χ1n) is 17.9. The largest absolute Gasteiger partial charge is 0.340 e. The molecule has 0 bridgehead atoms. The zero-order valence-electron chi connectivity index (χ0n) is 31.9. The lowest BCUT2D eigenvalue weighted by Crippen LogP contribution is -2.34. The Labute approximate surface area is 313 Å². The summed E-state index contributed by atoms with van der Waals surface area (Å²) in [4.78, 5) is 1.49. The molecule has 0 amide bonds. The molecule has 0 radical (unpaired) electrons. The summed E-state index contributed by atoms with van der Waals surface area (Å²) in [5.41, 5.74) is 3.13. The maximum absolute atomic E-state index is 16.5. The van der Waals surface area contributed by atoms with E-state index in [1.807, 2.05) is 30.9 Å². The van der Waals surface area contributed by atoms with Crippen LogP contribution < -0.4 is 4.90 Å². The van der Waals surface area contributed by atoms with Gasteiger partial charge in [-0.3, -0.25) is 0 Å². The van der Waals surface area contributed by atoms with Gasteiger partial charge in [0.25, 0.3) is 0 Å². The van der Waals surface area contributed by atoms with Crippen LogP contribution in [-0.2, 0) is 37.3 Å². The monoisotopic (exact) mass is 756 g/mol. The molecule has 4 aromatic carbocycles. The van der Waals surface area contributed by atoms with E-state index in [9.17, 15) is 8.78 Å². The lowest BCUT2D eigenvalue weighted by Gasteiger charge is -2.36. The molecular weight excluding hydrogens is 710 g/mol. The zero-order chi connectivity index (χ0) is 39.3. The number of aryl methyl sites for hydroxylation is 3. The Morgan fingerprint density at radius 2 is 1.45 bits per heavy atom. The Kier molecular flexibility index (Phi) is 11.6. The van der Waals surface area contributed by atoms with Gasteiger partial charge in [-0.15, -0.1) is 0 Å². The van der Waals surface area contributed by atoms with E-state index < -0.39 is 63.1 Å². The SMILES string of the molecule is C=C(CN1Cc2c(F)c(F)c(F)c(F)c2C(F)(F)c2c(C)c(C)c(C)c(F)c2S1)N(Cc1cc(CCC)cc(C(C)(C)C)c1)c1ccc(C)cc1CC. The van der Waals surface area contributed by atoms with Gasteiger partial charge in [-0.1, -0.05) is 83.5 Å². The lowest BCUT2D eigenvalue weighted by atomic mass is 9.84. The average Bonchev–Trinajstić information content (AvgIpc) is 3.08. The average molecular weight is 757 g/mol. The topological polar surface area (TPSA) is 6.48 Å². The molecule has 1 aliphatic heterocycles. The molecule has 0 aromatic heterocycles. The van der Waals surface area contributed by atoms with Crippen LogP contribution in [0.25, 0.3) is 0 Å². The second kappa shape index (κ2) is 15.2. The summed E-state index contributed by atoms with van der Waals surface area (Å²) in [5, 5.41) is 0. The second-order valence-corrected chi connectivity index (χ2v) is 16.2. The summed E-state index contributed by atoms with van der Waals surface area (Å²) in [7, 11) is 0. The molecule has 53 heavy (non-hydrogen) atoms. The minimum absolute atomic E-state index is 0.0666. The molecule has 4 aromatic rings. The van der Waals surface area contributed by atoms with E-state index in [2.05, 4.69) is 58.5 Å². The Bertz CT molecular complexity index is 2010. The summed E-state index contributed by atoms with van der Waals surface area (Å²) in [6.07, 6.45) is 2.50. The Morgan fingerprint density at radius 3 is 2.08 bits per heavy atom. The van der Waals surface area contributed by atoms with Crippen molar-refractivity contribution < 1.29 is 30.7 Å². The molecule has 0 N–H and O–H groups in total. The molecule has 2 nitrogen and oxygen atoms in total. The van der Waals surface area contributed by atoms with Gasteiger partial charge in [0.05, 0.1) is 10.5 Å². The first kappa shape index (κ1) is 40.4. The van der Waals surface area contributed by atoms with E-state index in [0.717, 1.165) is 40.8 Å². The number of hydrogen-bond donors (Lipinski definition) is 0. The van der Waals surface area contributed by atoms with Crippen LogP contribution in [0.2, 0.25) is 0 Å². The fraction of sp³-hybridized carbons (Fsp3) is 0.395. The van der Waals surface area contributed by atoms with Crippen LogP contribution in [0.1, 0.15) is 102 Å². The number of nitrogens with zero attached hydrogens (tertiary/aromatic N) is 2. The van der Waals surface area contributed by atoms with Crippen molar-refractivity contribution in [2.24, 2.45) is 0 Å². The summed E-state index contributed by atoms with van der Waals surface area (Å²) >= 11 is 0.605. The van der Waals surface area contributed by atoms with Gasteiger partial charge in [0, 0.05) is 42.1 Å². The van der Waals surface area contributed by atoms with Crippen molar-refractivity contribution >= 4 is 17.6 Å². The summed E-state index contributed by atoms with van der Waals surface area (Å²) in [6, 6.07) is 12.5. The van der Waals surface area contributed by atoms with E-state index in [-0.39, 0.29) is 28.7 Å². The molecule has 284 valence electrons. The maximum atomic E-state index is 16.5. The minimum atomic E-state index is -4.40. The fourth-order valence-electron chi connectivity index (χ4n) is 7.07. The van der Waals surface area contributed by atoms with Gasteiger partial charge in [-0.2, -0.15) is 8.78 Å². The molecule has 0 saturated heterocycles. The summed E-state index contributed by atoms with van der Waals surface area (Å²) in [6.45, 7) is 20.6. The third-order valence-electron chi connectivity index (χ3n) is 10.2. The number of hydrogen-bond acceptors (Lipinski definition) is 3. The second-order valence-electron chi connectivity index (χ2n) is 15.1. The van der Waals surface area contributed by atoms with Gasteiger partial charge in [0.2, 0.25) is 0 Å². The van der Waals surface area contributed by atoms with Crippen LogP contribution in [-0.4, -0.2) is 10.8 Å². The molecule has 0 saturated carbocycles. The van der Waals surface area contributed by atoms with Crippen LogP contribution >= 0.6 is 11.9 Å². The van der Waals surface area contributed by atoms with Gasteiger partial charge in [-0.05, 0) is 103 Å². The predicted octanol–water partition coefficient (Wildman–Crippen LogP) is 12.6. The quantitative estimate of drug-likeness (QED) is 0.0727. The third-order valence-corrected chi connectivity index (χ3v) is 11.3. The highest BCUT2D eigenvalue weighted by Crippen LogP contribution is 2.51. The third kappa shape index (κ3) is 7.63. The molecule has 0 spiro atoms. The van der Waals surface area contributed by atoms with Crippen molar-refractivity contribution in [1.29, 1.82) is 0 Å². The van der Waals surface area contributed by atoms with Crippen LogP contribution in [0.5, 0.6) is 0 Å². The Balaban J connectivity index is 1.70. The van der Waals surface area contributed by atoms with Crippen LogP contribution in [0.15, 0.2) is 53.6 Å². The first-order valence-corrected chi connectivity index (χ1v) is 18.6. The summed E-state index contributed by atoms with van der Waals surface area (Å²) in [5.74, 6) is -14.0. The highest BCUT2D eigenvalue weighted by Gasteiger charge is 2.48. The Hall–Kier alpha value is -3.76. The van der Waals surface area contributed by atoms with E-state index in [1.54, 1.807) is 0 Å². The zero-order valence-corrected chi connectivity index (χ0v) is 32.7. The number of rotatable bonds is 9. The lowest BCUT2D eigenvalue weighted by molar-refractivity contribution is 0.0308. The molecule has 0 fully saturated rings. The number of fused-ring (bicyclic) bond motifs is 2. The van der Waals surface area contributed by atoms with Crippen LogP contribution in [0, 0.1) is 56.8 Å². The molecule has 0 aliphatic carbocycles. The van der Waals surface area contributed by atoms with Gasteiger partial charge in [-0.25, -0.2) is 26.3 Å². The summed E-state index contributed by atoms with van der Waals surface area (Å²) < 4.78 is 111. The maximum Gasteiger partial charge on any atom is 0.303 e. The number of halogens is 7. The fourth-order valence-corrected chi connectivity index (χ4v) is 8.34. The first-order chi connectivity index (χ1) is 24.7. The van der Waals surface area contributed by atoms with E-state index in [4.69, 9.17) is 0 Å². The molecule has 10 heteroatoms. The van der Waals surface area contributed by atoms with Crippen molar-refractivity contribution in [3.05, 3.63) is 139 Å². The number of anilines is 1. The van der Waals surface area contributed by atoms with Gasteiger partial charge in [0.1, 0.15) is 5.82 Å². The predicted molar refractivity (Wildman–Crippen MR) is 201 cm³/mol.